The standard InChI is InChI=1S/C46H40N10O6S3/c1-63(57,58)53-25-26-56(43-13-5-4-6-14-43)46-35(9-7-11-37(27-47)44(39(29-49)30-50)33-17-21-41(22-18-33)54-64(2,59)60)15-16-36(46)10-8-12-38(28-48)45(40(31-51)32-52)34-19-23-42(24-20-34)55-65(3,61)62/h4-14,17-24,39,53-55H,15-16,25-26H2,1-3H3/b10-8+,11-7+,35-9+,38-12+,44-37+. The maximum Gasteiger partial charge on any atom is 0.229 e. The predicted molar refractivity (Wildman–Crippen MR) is 248 cm³/mol. The van der Waals surface area contributed by atoms with Gasteiger partial charge in [-0.1, -0.05) is 66.8 Å². The monoisotopic (exact) mass is 924 g/mol. The van der Waals surface area contributed by atoms with Gasteiger partial charge in [-0.2, -0.15) is 31.6 Å². The maximum atomic E-state index is 12.1. The number of nitrogens with zero attached hydrogens (tertiary/aromatic N) is 7. The van der Waals surface area contributed by atoms with E-state index in [1.165, 1.54) is 60.7 Å². The predicted octanol–water partition coefficient (Wildman–Crippen LogP) is 6.46. The molecule has 1 aliphatic carbocycles. The molecular weight excluding hydrogens is 885 g/mol. The molecule has 19 heteroatoms. The van der Waals surface area contributed by atoms with E-state index in [2.05, 4.69) is 26.3 Å². The van der Waals surface area contributed by atoms with Crippen molar-refractivity contribution in [3.8, 4) is 36.4 Å². The van der Waals surface area contributed by atoms with Crippen molar-refractivity contribution >= 4 is 58.3 Å². The number of rotatable bonds is 18. The summed E-state index contributed by atoms with van der Waals surface area (Å²) in [6, 6.07) is 32.5. The summed E-state index contributed by atoms with van der Waals surface area (Å²) in [4.78, 5) is 1.92. The Kier molecular flexibility index (Phi) is 17.1. The van der Waals surface area contributed by atoms with Crippen LogP contribution in [0.5, 0.6) is 0 Å². The summed E-state index contributed by atoms with van der Waals surface area (Å²) < 4.78 is 78.5. The molecule has 0 aliphatic heterocycles. The van der Waals surface area contributed by atoms with E-state index >= 15 is 0 Å². The third-order valence-electron chi connectivity index (χ3n) is 9.23. The number of anilines is 3. The molecule has 0 spiro atoms. The minimum absolute atomic E-state index is 0.00637. The van der Waals surface area contributed by atoms with Crippen LogP contribution in [0.3, 0.4) is 0 Å². The van der Waals surface area contributed by atoms with Crippen molar-refractivity contribution in [1.82, 2.24) is 4.72 Å². The quantitative estimate of drug-likeness (QED) is 0.0913. The first-order valence-electron chi connectivity index (χ1n) is 19.2. The zero-order valence-electron chi connectivity index (χ0n) is 35.2. The van der Waals surface area contributed by atoms with Gasteiger partial charge in [-0.25, -0.2) is 30.0 Å². The second kappa shape index (κ2) is 22.4. The molecular formula is C46H40N10O6S3. The second-order valence-electron chi connectivity index (χ2n) is 14.1. The second-order valence-corrected chi connectivity index (χ2v) is 19.5. The van der Waals surface area contributed by atoms with E-state index in [0.29, 0.717) is 35.4 Å². The van der Waals surface area contributed by atoms with E-state index in [9.17, 15) is 56.8 Å². The number of para-hydroxylation sites is 1. The van der Waals surface area contributed by atoms with Crippen molar-refractivity contribution in [3.63, 3.8) is 0 Å². The average Bonchev–Trinajstić information content (AvgIpc) is 3.65. The highest BCUT2D eigenvalue weighted by Gasteiger charge is 2.25. The Balaban J connectivity index is 1.90. The zero-order valence-corrected chi connectivity index (χ0v) is 37.6. The van der Waals surface area contributed by atoms with Crippen molar-refractivity contribution in [2.75, 3.05) is 46.2 Å². The Morgan fingerprint density at radius 2 is 1.26 bits per heavy atom. The lowest BCUT2D eigenvalue weighted by atomic mass is 9.90. The first kappa shape index (κ1) is 49.6. The van der Waals surface area contributed by atoms with Crippen LogP contribution in [0.25, 0.3) is 11.1 Å². The summed E-state index contributed by atoms with van der Waals surface area (Å²) in [5.74, 6) is -1.36. The number of hydrogen-bond acceptors (Lipinski definition) is 13. The lowest BCUT2D eigenvalue weighted by Gasteiger charge is -2.28. The van der Waals surface area contributed by atoms with E-state index in [4.69, 9.17) is 0 Å². The molecule has 328 valence electrons. The third-order valence-corrected chi connectivity index (χ3v) is 11.2. The maximum absolute atomic E-state index is 12.1. The Labute approximate surface area is 379 Å². The van der Waals surface area contributed by atoms with Gasteiger partial charge in [0.05, 0.1) is 54.2 Å². The van der Waals surface area contributed by atoms with Gasteiger partial charge in [-0.05, 0) is 83.7 Å². The van der Waals surface area contributed by atoms with Crippen molar-refractivity contribution in [3.05, 3.63) is 160 Å². The summed E-state index contributed by atoms with van der Waals surface area (Å²) in [7, 11) is -10.8. The largest absolute Gasteiger partial charge is 0.340 e. The van der Waals surface area contributed by atoms with E-state index in [-0.39, 0.29) is 52.3 Å². The van der Waals surface area contributed by atoms with E-state index < -0.39 is 36.0 Å². The number of sulfonamides is 3. The topological polar surface area (TPSA) is 284 Å². The highest BCUT2D eigenvalue weighted by atomic mass is 32.2. The van der Waals surface area contributed by atoms with Crippen molar-refractivity contribution in [2.24, 2.45) is 5.92 Å². The van der Waals surface area contributed by atoms with Gasteiger partial charge in [0.25, 0.3) is 0 Å². The Morgan fingerprint density at radius 3 is 1.75 bits per heavy atom. The molecule has 0 bridgehead atoms. The molecule has 4 rings (SSSR count). The Bertz CT molecular complexity index is 3120. The van der Waals surface area contributed by atoms with Gasteiger partial charge in [0.2, 0.25) is 30.1 Å². The number of benzene rings is 3. The fraction of sp³-hybridized carbons (Fsp3) is 0.174. The normalized spacial score (nSPS) is 14.1. The lowest BCUT2D eigenvalue weighted by Crippen LogP contribution is -2.34. The molecule has 16 nitrogen and oxygen atoms in total. The fourth-order valence-electron chi connectivity index (χ4n) is 6.65. The van der Waals surface area contributed by atoms with E-state index in [1.54, 1.807) is 24.3 Å². The number of nitrogens with one attached hydrogen (secondary N) is 3. The van der Waals surface area contributed by atoms with Gasteiger partial charge < -0.3 is 4.90 Å². The summed E-state index contributed by atoms with van der Waals surface area (Å²) in [6.07, 6.45) is 13.5. The highest BCUT2D eigenvalue weighted by Crippen LogP contribution is 2.38. The Morgan fingerprint density at radius 1 is 0.692 bits per heavy atom. The van der Waals surface area contributed by atoms with Gasteiger partial charge in [0, 0.05) is 47.0 Å². The fourth-order valence-corrected chi connectivity index (χ4v) is 8.24. The van der Waals surface area contributed by atoms with Crippen LogP contribution in [0.4, 0.5) is 17.1 Å². The molecule has 0 unspecified atom stereocenters. The summed E-state index contributed by atoms with van der Waals surface area (Å²) in [6.45, 7) is 0.180. The van der Waals surface area contributed by atoms with Crippen LogP contribution in [-0.4, -0.2) is 57.1 Å². The van der Waals surface area contributed by atoms with Crippen LogP contribution < -0.4 is 19.1 Å². The van der Waals surface area contributed by atoms with Crippen molar-refractivity contribution < 1.29 is 25.3 Å². The molecule has 0 saturated heterocycles. The first-order valence-corrected chi connectivity index (χ1v) is 24.8. The van der Waals surface area contributed by atoms with Crippen LogP contribution in [0.15, 0.2) is 149 Å². The van der Waals surface area contributed by atoms with Gasteiger partial charge in [-0.15, -0.1) is 0 Å². The minimum Gasteiger partial charge on any atom is -0.340 e. The molecule has 3 aromatic rings. The average molecular weight is 925 g/mol. The Hall–Kier alpha value is -8.01. The molecule has 65 heavy (non-hydrogen) atoms. The minimum atomic E-state index is -3.59. The number of hydrogen-bond donors (Lipinski definition) is 3. The third kappa shape index (κ3) is 14.5. The first-order chi connectivity index (χ1) is 30.8. The smallest absolute Gasteiger partial charge is 0.229 e. The van der Waals surface area contributed by atoms with Crippen LogP contribution >= 0.6 is 0 Å². The number of nitriles is 6. The molecule has 0 atom stereocenters. The molecule has 0 radical (unpaired) electrons. The van der Waals surface area contributed by atoms with E-state index in [1.807, 2.05) is 59.5 Å². The van der Waals surface area contributed by atoms with Crippen molar-refractivity contribution in [1.29, 1.82) is 31.6 Å². The van der Waals surface area contributed by atoms with Crippen LogP contribution in [-0.2, 0) is 30.1 Å². The summed E-state index contributed by atoms with van der Waals surface area (Å²) in [5.41, 5.74) is 3.71. The van der Waals surface area contributed by atoms with Crippen LogP contribution in [0, 0.1) is 73.9 Å². The van der Waals surface area contributed by atoms with Gasteiger partial charge in [0.15, 0.2) is 5.92 Å². The molecule has 3 aromatic carbocycles. The SMILES string of the molecule is CS(=O)(=O)NCCN(C1=C(/C=C/C=C(\C#N)C(=C(C#N)C#N)c2ccc(NS(C)(=O)=O)cc2)CC\C1=C/C=C/C(C#N)=C(/c1ccc(NS(C)(=O)=O)cc1)C(C#N)C#N)c1ccccc1. The zero-order chi connectivity index (χ0) is 47.8. The molecule has 3 N–H and O–H groups in total. The highest BCUT2D eigenvalue weighted by molar-refractivity contribution is 7.92. The lowest BCUT2D eigenvalue weighted by molar-refractivity contribution is 0.587. The van der Waals surface area contributed by atoms with Crippen molar-refractivity contribution in [2.45, 2.75) is 12.8 Å². The molecule has 0 saturated carbocycles. The summed E-state index contributed by atoms with van der Waals surface area (Å²) in [5, 5.41) is 60.1. The van der Waals surface area contributed by atoms with Crippen LogP contribution in [0.2, 0.25) is 0 Å². The van der Waals surface area contributed by atoms with E-state index in [0.717, 1.165) is 29.9 Å². The van der Waals surface area contributed by atoms with Crippen LogP contribution in [0.1, 0.15) is 24.0 Å². The molecule has 0 fully saturated rings. The molecule has 0 heterocycles. The van der Waals surface area contributed by atoms with Gasteiger partial charge in [-0.3, -0.25) is 9.44 Å². The van der Waals surface area contributed by atoms with Gasteiger partial charge in [0.1, 0.15) is 17.7 Å². The number of allylic oxidation sites excluding steroid dienone is 13. The molecule has 1 aliphatic rings. The van der Waals surface area contributed by atoms with Gasteiger partial charge >= 0.3 is 0 Å². The molecule has 0 aromatic heterocycles. The molecule has 0 amide bonds. The summed E-state index contributed by atoms with van der Waals surface area (Å²) >= 11 is 0.